The van der Waals surface area contributed by atoms with Crippen molar-refractivity contribution in [2.75, 3.05) is 0 Å². The Hall–Kier alpha value is -2.03. The number of nitrogens with zero attached hydrogens (tertiary/aromatic N) is 6. The second kappa shape index (κ2) is 263. The minimum Gasteiger partial charge on any atom is -0.512 e. The molecular weight excluding hydrogens is 270 g/mol. The van der Waals surface area contributed by atoms with Gasteiger partial charge in [0.2, 0.25) is 0 Å². The van der Waals surface area contributed by atoms with E-state index < -0.39 is 0 Å². The molecule has 0 saturated heterocycles. The summed E-state index contributed by atoms with van der Waals surface area (Å²) in [5.41, 5.74) is 0. The molecule has 0 atom stereocenters. The van der Waals surface area contributed by atoms with Crippen LogP contribution in [0.2, 0.25) is 0 Å². The smallest absolute Gasteiger partial charge is 0 e. The Morgan fingerprint density at radius 2 is 0.357 bits per heavy atom. The van der Waals surface area contributed by atoms with Gasteiger partial charge >= 0.3 is 0 Å². The van der Waals surface area contributed by atoms with Crippen molar-refractivity contribution >= 4 is 0 Å². The third-order valence-corrected chi connectivity index (χ3v) is 0. The third-order valence-electron chi connectivity index (χ3n) is 0. The molecule has 0 heterocycles. The molecular formula is C6CoMnN6-6. The monoisotopic (exact) mass is 270 g/mol. The minimum absolute atomic E-state index is 0. The topological polar surface area (TPSA) is 143 Å². The Balaban J connectivity index is -0.00000000500. The molecule has 0 amide bonds. The van der Waals surface area contributed by atoms with Gasteiger partial charge in [0.15, 0.2) is 0 Å². The summed E-state index contributed by atoms with van der Waals surface area (Å²) < 4.78 is 0. The fourth-order valence-corrected chi connectivity index (χ4v) is 0. The normalized spacial score (nSPS) is 0.857. The minimum atomic E-state index is 0. The second-order valence-electron chi connectivity index (χ2n) is 0. The van der Waals surface area contributed by atoms with Gasteiger partial charge < -0.3 is 71.0 Å². The van der Waals surface area contributed by atoms with Crippen molar-refractivity contribution in [1.29, 1.82) is 31.6 Å². The third kappa shape index (κ3) is 194. The zero-order valence-corrected chi connectivity index (χ0v) is 8.62. The van der Waals surface area contributed by atoms with Crippen LogP contribution in [0.3, 0.4) is 0 Å². The van der Waals surface area contributed by atoms with Crippen LogP contribution >= 0.6 is 0 Å². The summed E-state index contributed by atoms with van der Waals surface area (Å²) in [4.78, 5) is 0. The van der Waals surface area contributed by atoms with E-state index >= 15 is 0 Å². The fourth-order valence-electron chi connectivity index (χ4n) is 0. The molecule has 0 aliphatic heterocycles. The SMILES string of the molecule is [C-]#N.[C-]#N.[C-]#N.[C-]#N.[C-]#N.[C-]#N.[Co].[Mn]. The molecule has 0 bridgehead atoms. The standard InChI is InChI=1S/6CN.Co.Mn/c6*1-2;;/q6*-1;;. The Labute approximate surface area is 105 Å². The molecule has 0 aromatic carbocycles. The summed E-state index contributed by atoms with van der Waals surface area (Å²) in [5.74, 6) is 0. The van der Waals surface area contributed by atoms with Crippen molar-refractivity contribution in [1.82, 2.24) is 0 Å². The summed E-state index contributed by atoms with van der Waals surface area (Å²) in [7, 11) is 0. The van der Waals surface area contributed by atoms with Crippen LogP contribution in [0.15, 0.2) is 0 Å². The van der Waals surface area contributed by atoms with Crippen LogP contribution in [0.1, 0.15) is 0 Å². The van der Waals surface area contributed by atoms with Gasteiger partial charge in [0, 0.05) is 33.8 Å². The van der Waals surface area contributed by atoms with E-state index in [4.69, 9.17) is 71.0 Å². The van der Waals surface area contributed by atoms with Crippen LogP contribution in [0.5, 0.6) is 0 Å². The zero-order valence-electron chi connectivity index (χ0n) is 6.39. The first-order chi connectivity index (χ1) is 6.00. The molecule has 14 heavy (non-hydrogen) atoms. The number of hydrogen-bond acceptors (Lipinski definition) is 6. The molecule has 0 fully saturated rings. The Bertz CT molecular complexity index is 97.3. The molecule has 0 spiro atoms. The van der Waals surface area contributed by atoms with Gasteiger partial charge in [0.1, 0.15) is 0 Å². The maximum Gasteiger partial charge on any atom is 0 e. The van der Waals surface area contributed by atoms with E-state index in [1.54, 1.807) is 0 Å². The largest absolute Gasteiger partial charge is 0.512 e. The molecule has 0 aromatic rings. The summed E-state index contributed by atoms with van der Waals surface area (Å²) >= 11 is 0. The molecule has 0 saturated carbocycles. The van der Waals surface area contributed by atoms with Crippen molar-refractivity contribution < 1.29 is 33.8 Å². The molecule has 76 valence electrons. The molecule has 0 unspecified atom stereocenters. The van der Waals surface area contributed by atoms with E-state index in [0.29, 0.717) is 0 Å². The summed E-state index contributed by atoms with van der Waals surface area (Å²) in [5, 5.41) is 37.5. The van der Waals surface area contributed by atoms with Gasteiger partial charge in [0.25, 0.3) is 0 Å². The van der Waals surface area contributed by atoms with Gasteiger partial charge in [0.05, 0.1) is 0 Å². The van der Waals surface area contributed by atoms with Gasteiger partial charge in [-0.25, -0.2) is 0 Å². The summed E-state index contributed by atoms with van der Waals surface area (Å²) in [6.07, 6.45) is 0. The van der Waals surface area contributed by atoms with E-state index in [9.17, 15) is 0 Å². The van der Waals surface area contributed by atoms with E-state index in [1.807, 2.05) is 0 Å². The van der Waals surface area contributed by atoms with Crippen LogP contribution in [-0.4, -0.2) is 0 Å². The summed E-state index contributed by atoms with van der Waals surface area (Å²) in [6.45, 7) is 28.5. The number of hydrogen-bond donors (Lipinski definition) is 0. The van der Waals surface area contributed by atoms with Crippen molar-refractivity contribution in [3.8, 4) is 0 Å². The molecule has 0 aliphatic rings. The van der Waals surface area contributed by atoms with Gasteiger partial charge in [-0.05, 0) is 0 Å². The quantitative estimate of drug-likeness (QED) is 0.465. The van der Waals surface area contributed by atoms with Gasteiger partial charge in [-0.3, -0.25) is 0 Å². The molecule has 2 radical (unpaired) electrons. The summed E-state index contributed by atoms with van der Waals surface area (Å²) in [6, 6.07) is 0. The molecule has 6 nitrogen and oxygen atoms in total. The second-order valence-corrected chi connectivity index (χ2v) is 0. The Morgan fingerprint density at radius 3 is 0.357 bits per heavy atom. The Morgan fingerprint density at radius 1 is 0.357 bits per heavy atom. The van der Waals surface area contributed by atoms with Crippen LogP contribution in [0.25, 0.3) is 0 Å². The van der Waals surface area contributed by atoms with Gasteiger partial charge in [-0.15, -0.1) is 0 Å². The Kier molecular flexibility index (Phi) is 1720. The van der Waals surface area contributed by atoms with Crippen molar-refractivity contribution in [2.45, 2.75) is 0 Å². The maximum absolute atomic E-state index is 6.25. The molecule has 0 aromatic heterocycles. The van der Waals surface area contributed by atoms with Gasteiger partial charge in [-0.1, -0.05) is 0 Å². The van der Waals surface area contributed by atoms with Crippen molar-refractivity contribution in [3.05, 3.63) is 39.4 Å². The predicted molar refractivity (Wildman–Crippen MR) is 29.8 cm³/mol. The zero-order chi connectivity index (χ0) is 12.0. The predicted octanol–water partition coefficient (Wildman–Crippen LogP) is 0.573. The van der Waals surface area contributed by atoms with Crippen LogP contribution in [0.4, 0.5) is 0 Å². The maximum atomic E-state index is 6.25. The van der Waals surface area contributed by atoms with E-state index in [2.05, 4.69) is 0 Å². The van der Waals surface area contributed by atoms with E-state index in [0.717, 1.165) is 0 Å². The van der Waals surface area contributed by atoms with Crippen LogP contribution < -0.4 is 0 Å². The average molecular weight is 270 g/mol. The molecule has 0 N–H and O–H groups in total. The van der Waals surface area contributed by atoms with Crippen LogP contribution in [-0.2, 0) is 33.8 Å². The first-order valence-electron chi connectivity index (χ1n) is 1.34. The van der Waals surface area contributed by atoms with Crippen molar-refractivity contribution in [2.24, 2.45) is 0 Å². The van der Waals surface area contributed by atoms with Gasteiger partial charge in [-0.2, -0.15) is 0 Å². The number of rotatable bonds is 0. The molecule has 0 aliphatic carbocycles. The fraction of sp³-hybridized carbons (Fsp3) is 0. The first-order valence-corrected chi connectivity index (χ1v) is 1.34. The van der Waals surface area contributed by atoms with E-state index in [-0.39, 0.29) is 33.8 Å². The first kappa shape index (κ1) is 91.5. The van der Waals surface area contributed by atoms with E-state index in [1.165, 1.54) is 0 Å². The van der Waals surface area contributed by atoms with Crippen molar-refractivity contribution in [3.63, 3.8) is 0 Å². The van der Waals surface area contributed by atoms with Crippen LogP contribution in [0, 0.1) is 71.0 Å². The average Bonchev–Trinajstić information content (AvgIpc) is 2.33. The molecule has 8 heteroatoms. The molecule has 0 rings (SSSR count).